The monoisotopic (exact) mass is 298 g/mol. The molecule has 0 radical (unpaired) electrons. The van der Waals surface area contributed by atoms with Crippen molar-refractivity contribution in [2.45, 2.75) is 52.4 Å². The fraction of sp³-hybridized carbons (Fsp3) is 0.421. The summed E-state index contributed by atoms with van der Waals surface area (Å²) in [4.78, 5) is 15.1. The Kier molecular flexibility index (Phi) is 4.25. The maximum atomic E-state index is 12.7. The van der Waals surface area contributed by atoms with Gasteiger partial charge in [-0.2, -0.15) is 0 Å². The first-order valence-corrected chi connectivity index (χ1v) is 8.82. The third kappa shape index (κ3) is 2.82. The van der Waals surface area contributed by atoms with Crippen LogP contribution in [0.5, 0.6) is 0 Å². The Morgan fingerprint density at radius 3 is 2.52 bits per heavy atom. The minimum atomic E-state index is 0.201. The average molecular weight is 298 g/mol. The van der Waals surface area contributed by atoms with E-state index >= 15 is 0 Å². The summed E-state index contributed by atoms with van der Waals surface area (Å²) in [6.07, 6.45) is 6.86. The number of thiophene rings is 1. The van der Waals surface area contributed by atoms with E-state index in [2.05, 4.69) is 32.0 Å². The number of hydrogen-bond donors (Lipinski definition) is 0. The third-order valence-electron chi connectivity index (χ3n) is 4.45. The molecule has 21 heavy (non-hydrogen) atoms. The van der Waals surface area contributed by atoms with Crippen molar-refractivity contribution in [3.63, 3.8) is 0 Å². The summed E-state index contributed by atoms with van der Waals surface area (Å²) in [6.45, 7) is 4.33. The van der Waals surface area contributed by atoms with Crippen LogP contribution in [-0.4, -0.2) is 5.78 Å². The highest BCUT2D eigenvalue weighted by Crippen LogP contribution is 2.31. The van der Waals surface area contributed by atoms with Gasteiger partial charge in [-0.1, -0.05) is 26.0 Å². The van der Waals surface area contributed by atoms with E-state index in [1.54, 1.807) is 11.3 Å². The number of ketones is 1. The second kappa shape index (κ2) is 6.15. The van der Waals surface area contributed by atoms with Crippen molar-refractivity contribution in [1.29, 1.82) is 0 Å². The molecule has 2 aromatic rings. The number of aryl methyl sites for hydroxylation is 4. The lowest BCUT2D eigenvalue weighted by Gasteiger charge is -2.08. The van der Waals surface area contributed by atoms with Crippen molar-refractivity contribution in [3.05, 3.63) is 56.3 Å². The molecule has 0 N–H and O–H groups in total. The van der Waals surface area contributed by atoms with E-state index in [-0.39, 0.29) is 5.78 Å². The number of benzene rings is 1. The molecule has 0 saturated carbocycles. The maximum Gasteiger partial charge on any atom is 0.202 e. The second-order valence-electron chi connectivity index (χ2n) is 5.79. The molecule has 0 amide bonds. The lowest BCUT2D eigenvalue weighted by molar-refractivity contribution is 0.104. The lowest BCUT2D eigenvalue weighted by atomic mass is 9.96. The second-order valence-corrected chi connectivity index (χ2v) is 6.92. The van der Waals surface area contributed by atoms with Crippen LogP contribution in [0.15, 0.2) is 24.3 Å². The zero-order valence-corrected chi connectivity index (χ0v) is 13.7. The zero-order chi connectivity index (χ0) is 14.8. The highest BCUT2D eigenvalue weighted by Gasteiger charge is 2.18. The highest BCUT2D eigenvalue weighted by atomic mass is 32.1. The van der Waals surface area contributed by atoms with Crippen molar-refractivity contribution in [3.8, 4) is 0 Å². The van der Waals surface area contributed by atoms with Gasteiger partial charge in [0.1, 0.15) is 0 Å². The van der Waals surface area contributed by atoms with E-state index in [1.807, 2.05) is 6.07 Å². The molecule has 0 saturated heterocycles. The van der Waals surface area contributed by atoms with Crippen molar-refractivity contribution in [1.82, 2.24) is 0 Å². The van der Waals surface area contributed by atoms with Gasteiger partial charge in [0.25, 0.3) is 0 Å². The Balaban J connectivity index is 1.93. The fourth-order valence-corrected chi connectivity index (χ4v) is 4.40. The first kappa shape index (κ1) is 14.5. The van der Waals surface area contributed by atoms with Crippen molar-refractivity contribution in [2.75, 3.05) is 0 Å². The molecule has 1 heterocycles. The summed E-state index contributed by atoms with van der Waals surface area (Å²) in [5, 5.41) is 0. The maximum absolute atomic E-state index is 12.7. The molecule has 0 unspecified atom stereocenters. The molecule has 1 aromatic carbocycles. The smallest absolute Gasteiger partial charge is 0.202 e. The zero-order valence-electron chi connectivity index (χ0n) is 12.9. The van der Waals surface area contributed by atoms with Gasteiger partial charge < -0.3 is 0 Å². The first-order valence-electron chi connectivity index (χ1n) is 8.01. The number of fused-ring (bicyclic) bond motifs is 1. The minimum absolute atomic E-state index is 0.201. The summed E-state index contributed by atoms with van der Waals surface area (Å²) in [5.41, 5.74) is 4.93. The molecule has 3 rings (SSSR count). The molecule has 1 aromatic heterocycles. The normalized spacial score (nSPS) is 14.0. The Morgan fingerprint density at radius 1 is 1.05 bits per heavy atom. The van der Waals surface area contributed by atoms with Gasteiger partial charge in [0.15, 0.2) is 0 Å². The van der Waals surface area contributed by atoms with E-state index in [1.165, 1.54) is 34.4 Å². The molecule has 1 nitrogen and oxygen atoms in total. The molecule has 0 spiro atoms. The summed E-state index contributed by atoms with van der Waals surface area (Å²) in [5.74, 6) is 0.201. The van der Waals surface area contributed by atoms with Gasteiger partial charge in [0, 0.05) is 10.4 Å². The molecular weight excluding hydrogens is 276 g/mol. The Bertz CT molecular complexity index is 643. The number of hydrogen-bond acceptors (Lipinski definition) is 2. The van der Waals surface area contributed by atoms with Gasteiger partial charge >= 0.3 is 0 Å². The van der Waals surface area contributed by atoms with Crippen LogP contribution in [-0.2, 0) is 25.7 Å². The third-order valence-corrected chi connectivity index (χ3v) is 5.69. The van der Waals surface area contributed by atoms with Gasteiger partial charge in [0.2, 0.25) is 5.78 Å². The van der Waals surface area contributed by atoms with Gasteiger partial charge in [-0.05, 0) is 67.3 Å². The fourth-order valence-electron chi connectivity index (χ4n) is 3.19. The predicted octanol–water partition coefficient (Wildman–Crippen LogP) is 4.98. The van der Waals surface area contributed by atoms with Crippen LogP contribution in [0.1, 0.15) is 63.5 Å². The van der Waals surface area contributed by atoms with Crippen LogP contribution in [0.2, 0.25) is 0 Å². The Morgan fingerprint density at radius 2 is 1.81 bits per heavy atom. The molecular formula is C19H22OS. The van der Waals surface area contributed by atoms with Crippen LogP contribution in [0.3, 0.4) is 0 Å². The SMILES string of the molecule is CCc1ccc(C(=O)c2cc3c(s2)CCCC3)cc1CC. The molecule has 0 bridgehead atoms. The molecule has 0 atom stereocenters. The van der Waals surface area contributed by atoms with Gasteiger partial charge in [0.05, 0.1) is 4.88 Å². The van der Waals surface area contributed by atoms with E-state index in [4.69, 9.17) is 0 Å². The molecule has 0 aliphatic heterocycles. The largest absolute Gasteiger partial charge is 0.288 e. The Hall–Kier alpha value is -1.41. The summed E-state index contributed by atoms with van der Waals surface area (Å²) >= 11 is 1.71. The number of carbonyl (C=O) groups is 1. The molecule has 0 fully saturated rings. The molecule has 1 aliphatic rings. The quantitative estimate of drug-likeness (QED) is 0.727. The first-order chi connectivity index (χ1) is 10.2. The standard InChI is InChI=1S/C19H22OS/c1-3-13-9-10-16(11-14(13)4-2)19(20)18-12-15-7-5-6-8-17(15)21-18/h9-12H,3-8H2,1-2H3. The molecule has 110 valence electrons. The molecule has 2 heteroatoms. The Labute approximate surface area is 131 Å². The van der Waals surface area contributed by atoms with E-state index < -0.39 is 0 Å². The highest BCUT2D eigenvalue weighted by molar-refractivity contribution is 7.14. The summed E-state index contributed by atoms with van der Waals surface area (Å²) in [7, 11) is 0. The van der Waals surface area contributed by atoms with E-state index in [9.17, 15) is 4.79 Å². The van der Waals surface area contributed by atoms with E-state index in [0.717, 1.165) is 36.1 Å². The topological polar surface area (TPSA) is 17.1 Å². The van der Waals surface area contributed by atoms with Gasteiger partial charge in [-0.3, -0.25) is 4.79 Å². The lowest BCUT2D eigenvalue weighted by Crippen LogP contribution is -2.01. The van der Waals surface area contributed by atoms with Crippen molar-refractivity contribution < 1.29 is 4.79 Å². The van der Waals surface area contributed by atoms with Crippen LogP contribution in [0.25, 0.3) is 0 Å². The summed E-state index contributed by atoms with van der Waals surface area (Å²) in [6, 6.07) is 8.36. The van der Waals surface area contributed by atoms with Gasteiger partial charge in [-0.15, -0.1) is 11.3 Å². The van der Waals surface area contributed by atoms with Crippen LogP contribution in [0, 0.1) is 0 Å². The van der Waals surface area contributed by atoms with Gasteiger partial charge in [-0.25, -0.2) is 0 Å². The number of rotatable bonds is 4. The minimum Gasteiger partial charge on any atom is -0.288 e. The van der Waals surface area contributed by atoms with E-state index in [0.29, 0.717) is 0 Å². The van der Waals surface area contributed by atoms with Crippen molar-refractivity contribution in [2.24, 2.45) is 0 Å². The van der Waals surface area contributed by atoms with Crippen molar-refractivity contribution >= 4 is 17.1 Å². The predicted molar refractivity (Wildman–Crippen MR) is 89.6 cm³/mol. The van der Waals surface area contributed by atoms with Crippen LogP contribution >= 0.6 is 11.3 Å². The number of carbonyl (C=O) groups excluding carboxylic acids is 1. The van der Waals surface area contributed by atoms with Crippen LogP contribution < -0.4 is 0 Å². The average Bonchev–Trinajstić information content (AvgIpc) is 2.97. The van der Waals surface area contributed by atoms with Crippen LogP contribution in [0.4, 0.5) is 0 Å². The summed E-state index contributed by atoms with van der Waals surface area (Å²) < 4.78 is 0. The molecule has 1 aliphatic carbocycles.